The number of alkyl halides is 2. The minimum absolute atomic E-state index is 0. The zero-order valence-electron chi connectivity index (χ0n) is 12.2. The van der Waals surface area contributed by atoms with Gasteiger partial charge in [0.15, 0.2) is 0 Å². The molecule has 115 valence electrons. The Morgan fingerprint density at radius 3 is 2.50 bits per heavy atom. The molecule has 1 heterocycles. The summed E-state index contributed by atoms with van der Waals surface area (Å²) in [5.41, 5.74) is 1.97. The third kappa shape index (κ3) is 4.86. The van der Waals surface area contributed by atoms with E-state index in [0.717, 1.165) is 14.9 Å². The van der Waals surface area contributed by atoms with Crippen molar-refractivity contribution in [1.82, 2.24) is 4.90 Å². The van der Waals surface area contributed by atoms with Gasteiger partial charge in [-0.15, -0.1) is 34.7 Å². The van der Waals surface area contributed by atoms with Crippen LogP contribution in [0.1, 0.15) is 12.5 Å². The maximum absolute atomic E-state index is 12.8. The van der Waals surface area contributed by atoms with E-state index in [-0.39, 0.29) is 32.7 Å². The minimum Gasteiger partial charge on any atom is -0.494 e. The summed E-state index contributed by atoms with van der Waals surface area (Å²) in [6, 6.07) is 7.32. The van der Waals surface area contributed by atoms with Crippen molar-refractivity contribution in [2.24, 2.45) is 0 Å². The summed E-state index contributed by atoms with van der Waals surface area (Å²) in [5.74, 6) is 0.752. The first-order valence-corrected chi connectivity index (χ1v) is 7.58. The molecule has 0 saturated heterocycles. The van der Waals surface area contributed by atoms with Crippen LogP contribution in [-0.4, -0.2) is 24.5 Å². The summed E-state index contributed by atoms with van der Waals surface area (Å²) in [6.07, 6.45) is 2.38. The third-order valence-corrected chi connectivity index (χ3v) is 3.90. The van der Waals surface area contributed by atoms with Gasteiger partial charge in [-0.3, -0.25) is 0 Å². The van der Waals surface area contributed by atoms with Crippen molar-refractivity contribution in [2.45, 2.75) is 13.3 Å². The minimum atomic E-state index is -2.44. The van der Waals surface area contributed by atoms with Crippen LogP contribution in [-0.2, 0) is 32.7 Å². The quantitative estimate of drug-likeness (QED) is 0.440. The molecule has 0 aliphatic carbocycles. The molecule has 0 N–H and O–H groups in total. The molecule has 0 saturated carbocycles. The molecule has 0 aromatic heterocycles. The fraction of sp³-hybridized carbons (Fsp3) is 0.250. The molecular weight excluding hydrogens is 476 g/mol. The van der Waals surface area contributed by atoms with E-state index in [9.17, 15) is 8.78 Å². The third-order valence-electron chi connectivity index (χ3n) is 2.97. The first-order valence-electron chi connectivity index (χ1n) is 6.50. The van der Waals surface area contributed by atoms with Crippen LogP contribution in [0.2, 0.25) is 0 Å². The molecular formula is C16H15F2INOY-. The van der Waals surface area contributed by atoms with E-state index in [1.54, 1.807) is 6.08 Å². The molecule has 0 bridgehead atoms. The summed E-state index contributed by atoms with van der Waals surface area (Å²) >= 11 is 2.07. The fourth-order valence-corrected chi connectivity index (χ4v) is 2.46. The molecule has 1 aromatic carbocycles. The molecule has 0 atom stereocenters. The van der Waals surface area contributed by atoms with E-state index in [1.807, 2.05) is 31.2 Å². The Bertz CT molecular complexity index is 584. The molecule has 0 fully saturated rings. The zero-order chi connectivity index (χ0) is 15.4. The molecule has 0 spiro atoms. The predicted molar refractivity (Wildman–Crippen MR) is 88.2 cm³/mol. The van der Waals surface area contributed by atoms with Crippen molar-refractivity contribution in [3.63, 3.8) is 0 Å². The molecule has 22 heavy (non-hydrogen) atoms. The van der Waals surface area contributed by atoms with Gasteiger partial charge < -0.3 is 9.64 Å². The molecule has 1 radical (unpaired) electrons. The normalized spacial score (nSPS) is 14.4. The Labute approximate surface area is 168 Å². The van der Waals surface area contributed by atoms with E-state index in [2.05, 4.69) is 35.2 Å². The molecule has 0 amide bonds. The Hall–Kier alpha value is -0.266. The summed E-state index contributed by atoms with van der Waals surface area (Å²) in [7, 11) is 0. The van der Waals surface area contributed by atoms with Crippen LogP contribution in [0.4, 0.5) is 8.78 Å². The molecule has 1 aliphatic rings. The monoisotopic (exact) mass is 491 g/mol. The van der Waals surface area contributed by atoms with Gasteiger partial charge in [-0.25, -0.2) is 8.78 Å². The van der Waals surface area contributed by atoms with Crippen molar-refractivity contribution in [3.8, 4) is 5.75 Å². The second kappa shape index (κ2) is 9.13. The SMILES string of the molecule is C=C1C(I)=C[C-]=C(c2ccc(OCC)cc2)N1CC(F)F.[Y]. The van der Waals surface area contributed by atoms with Crippen molar-refractivity contribution < 1.29 is 46.2 Å². The number of nitrogens with zero attached hydrogens (tertiary/aromatic N) is 1. The van der Waals surface area contributed by atoms with Crippen molar-refractivity contribution in [2.75, 3.05) is 13.2 Å². The van der Waals surface area contributed by atoms with E-state index >= 15 is 0 Å². The van der Waals surface area contributed by atoms with Gasteiger partial charge in [0.25, 0.3) is 6.43 Å². The van der Waals surface area contributed by atoms with Gasteiger partial charge in [0.2, 0.25) is 0 Å². The number of ether oxygens (including phenoxy) is 1. The Balaban J connectivity index is 0.00000242. The number of rotatable bonds is 5. The van der Waals surface area contributed by atoms with E-state index < -0.39 is 13.0 Å². The first kappa shape index (κ1) is 19.8. The van der Waals surface area contributed by atoms with Gasteiger partial charge in [0.05, 0.1) is 13.2 Å². The molecule has 2 nitrogen and oxygen atoms in total. The predicted octanol–water partition coefficient (Wildman–Crippen LogP) is 4.64. The standard InChI is InChI=1S/C16H15F2INO.Y/c1-3-21-13-6-4-12(5-7-13)15-9-8-14(19)11(2)20(15)10-16(17)18;/h4-8,16H,2-3,10H2,1H3;/q-1;. The zero-order valence-corrected chi connectivity index (χ0v) is 17.1. The van der Waals surface area contributed by atoms with Gasteiger partial charge in [-0.1, -0.05) is 21.4 Å². The van der Waals surface area contributed by atoms with Crippen LogP contribution >= 0.6 is 22.6 Å². The maximum Gasteiger partial charge on any atom is 0.256 e. The second-order valence-corrected chi connectivity index (χ2v) is 5.55. The van der Waals surface area contributed by atoms with E-state index in [4.69, 9.17) is 4.74 Å². The van der Waals surface area contributed by atoms with Crippen molar-refractivity contribution in [1.29, 1.82) is 0 Å². The van der Waals surface area contributed by atoms with Crippen LogP contribution in [0.25, 0.3) is 5.70 Å². The average Bonchev–Trinajstić information content (AvgIpc) is 2.45. The second-order valence-electron chi connectivity index (χ2n) is 4.39. The molecule has 2 rings (SSSR count). The summed E-state index contributed by atoms with van der Waals surface area (Å²) < 4.78 is 31.8. The van der Waals surface area contributed by atoms with E-state index in [0.29, 0.717) is 18.0 Å². The van der Waals surface area contributed by atoms with Gasteiger partial charge in [-0.05, 0) is 24.8 Å². The molecule has 0 unspecified atom stereocenters. The number of halogens is 3. The van der Waals surface area contributed by atoms with Gasteiger partial charge in [0.1, 0.15) is 5.75 Å². The molecule has 1 aromatic rings. The Morgan fingerprint density at radius 1 is 1.32 bits per heavy atom. The van der Waals surface area contributed by atoms with Gasteiger partial charge >= 0.3 is 0 Å². The van der Waals surface area contributed by atoms with Crippen LogP contribution in [0.15, 0.2) is 46.2 Å². The Kier molecular flexibility index (Phi) is 8.21. The number of hydrogen-bond donors (Lipinski definition) is 0. The van der Waals surface area contributed by atoms with Crippen LogP contribution in [0.5, 0.6) is 5.75 Å². The fourth-order valence-electron chi connectivity index (χ4n) is 2.01. The largest absolute Gasteiger partial charge is 0.494 e. The van der Waals surface area contributed by atoms with Gasteiger partial charge in [-0.2, -0.15) is 12.2 Å². The average molecular weight is 491 g/mol. The summed E-state index contributed by atoms with van der Waals surface area (Å²) in [4.78, 5) is 1.50. The first-order chi connectivity index (χ1) is 10.0. The van der Waals surface area contributed by atoms with Crippen molar-refractivity contribution in [3.05, 3.63) is 57.8 Å². The number of benzene rings is 1. The molecule has 6 heteroatoms. The Morgan fingerprint density at radius 2 is 1.95 bits per heavy atom. The van der Waals surface area contributed by atoms with Crippen molar-refractivity contribution >= 4 is 28.3 Å². The summed E-state index contributed by atoms with van der Waals surface area (Å²) in [5, 5.41) is 0. The number of allylic oxidation sites excluding steroid dienone is 3. The topological polar surface area (TPSA) is 12.5 Å². The van der Waals surface area contributed by atoms with Crippen LogP contribution < -0.4 is 4.74 Å². The van der Waals surface area contributed by atoms with Gasteiger partial charge in [0, 0.05) is 32.7 Å². The van der Waals surface area contributed by atoms with Crippen LogP contribution in [0.3, 0.4) is 0 Å². The maximum atomic E-state index is 12.8. The smallest absolute Gasteiger partial charge is 0.256 e. The van der Waals surface area contributed by atoms with E-state index in [1.165, 1.54) is 4.90 Å². The van der Waals surface area contributed by atoms with Crippen LogP contribution in [0, 0.1) is 6.08 Å². The molecule has 1 aliphatic heterocycles. The number of hydrogen-bond acceptors (Lipinski definition) is 2. The summed E-state index contributed by atoms with van der Waals surface area (Å²) in [6.45, 7) is 5.99.